The van der Waals surface area contributed by atoms with Crippen LogP contribution in [0.3, 0.4) is 0 Å². The second kappa shape index (κ2) is 12.2. The van der Waals surface area contributed by atoms with E-state index in [2.05, 4.69) is 32.8 Å². The van der Waals surface area contributed by atoms with Crippen molar-refractivity contribution in [3.63, 3.8) is 0 Å². The van der Waals surface area contributed by atoms with Gasteiger partial charge in [-0.05, 0) is 24.6 Å². The lowest BCUT2D eigenvalue weighted by Crippen LogP contribution is -2.49. The Morgan fingerprint density at radius 2 is 1.76 bits per heavy atom. The fourth-order valence-electron chi connectivity index (χ4n) is 5.54. The number of piperazine rings is 1. The highest BCUT2D eigenvalue weighted by atomic mass is 16.6. The molecule has 2 aliphatic heterocycles. The number of nitrogens with zero attached hydrogens (tertiary/aromatic N) is 4. The van der Waals surface area contributed by atoms with Gasteiger partial charge in [-0.15, -0.1) is 0 Å². The Labute approximate surface area is 243 Å². The molecule has 2 saturated heterocycles. The highest BCUT2D eigenvalue weighted by Crippen LogP contribution is 2.43. The van der Waals surface area contributed by atoms with Crippen molar-refractivity contribution in [1.29, 1.82) is 0 Å². The van der Waals surface area contributed by atoms with E-state index in [1.807, 2.05) is 36.4 Å². The molecule has 0 saturated carbocycles. The number of ether oxygens (including phenoxy) is 2. The smallest absolute Gasteiger partial charge is 0.409 e. The molecule has 2 aromatic carbocycles. The van der Waals surface area contributed by atoms with Gasteiger partial charge in [0.15, 0.2) is 5.78 Å². The molecule has 12 nitrogen and oxygen atoms in total. The standard InChI is InChI=1S/C30H35N7O5/c1-2-3-17-42-30(40)36-13-11-35(12-14-36)21-9-7-20(8-10-21)26-25-27(33-32-26)22-5-4-6-23(24(22)28(25)38)31-29(39)34-37-15-18-41-19-16-37/h4-10H,2-3,11-19H2,1H3,(H,32,33)(H2,31,34,39). The van der Waals surface area contributed by atoms with E-state index in [9.17, 15) is 14.4 Å². The molecule has 3 aliphatic rings. The first kappa shape index (κ1) is 27.7. The van der Waals surface area contributed by atoms with Gasteiger partial charge in [-0.25, -0.2) is 14.6 Å². The second-order valence-corrected chi connectivity index (χ2v) is 10.5. The number of anilines is 2. The highest BCUT2D eigenvalue weighted by molar-refractivity contribution is 6.26. The minimum atomic E-state index is -0.406. The van der Waals surface area contributed by atoms with Gasteiger partial charge < -0.3 is 24.6 Å². The van der Waals surface area contributed by atoms with Crippen molar-refractivity contribution in [2.75, 3.05) is 69.3 Å². The number of fused-ring (bicyclic) bond motifs is 3. The molecule has 0 radical (unpaired) electrons. The molecule has 0 spiro atoms. The van der Waals surface area contributed by atoms with E-state index in [1.54, 1.807) is 16.0 Å². The number of hydrogen-bond donors (Lipinski definition) is 3. The summed E-state index contributed by atoms with van der Waals surface area (Å²) >= 11 is 0. The maximum absolute atomic E-state index is 13.7. The zero-order chi connectivity index (χ0) is 29.1. The molecule has 1 aromatic heterocycles. The Morgan fingerprint density at radius 1 is 1.00 bits per heavy atom. The van der Waals surface area contributed by atoms with Gasteiger partial charge in [-0.2, -0.15) is 5.10 Å². The summed E-state index contributed by atoms with van der Waals surface area (Å²) in [6.45, 7) is 7.46. The minimum absolute atomic E-state index is 0.183. The van der Waals surface area contributed by atoms with Gasteiger partial charge >= 0.3 is 12.1 Å². The fraction of sp³-hybridized carbons (Fsp3) is 0.400. The summed E-state index contributed by atoms with van der Waals surface area (Å²) in [6, 6.07) is 12.9. The maximum atomic E-state index is 13.7. The summed E-state index contributed by atoms with van der Waals surface area (Å²) in [6.07, 6.45) is 1.62. The van der Waals surface area contributed by atoms with E-state index < -0.39 is 6.03 Å². The van der Waals surface area contributed by atoms with Gasteiger partial charge in [0.2, 0.25) is 0 Å². The van der Waals surface area contributed by atoms with Crippen LogP contribution in [0.4, 0.5) is 21.0 Å². The predicted molar refractivity (Wildman–Crippen MR) is 157 cm³/mol. The summed E-state index contributed by atoms with van der Waals surface area (Å²) < 4.78 is 10.7. The summed E-state index contributed by atoms with van der Waals surface area (Å²) in [5.74, 6) is -0.183. The van der Waals surface area contributed by atoms with Crippen LogP contribution in [0.15, 0.2) is 42.5 Å². The number of aromatic nitrogens is 2. The van der Waals surface area contributed by atoms with Crippen LogP contribution in [0, 0.1) is 0 Å². The number of carbonyl (C=O) groups excluding carboxylic acids is 3. The zero-order valence-corrected chi connectivity index (χ0v) is 23.6. The number of carbonyl (C=O) groups is 3. The predicted octanol–water partition coefficient (Wildman–Crippen LogP) is 3.72. The monoisotopic (exact) mass is 573 g/mol. The molecule has 220 valence electrons. The van der Waals surface area contributed by atoms with E-state index in [0.29, 0.717) is 92.9 Å². The Hall–Kier alpha value is -4.42. The topological polar surface area (TPSA) is 132 Å². The van der Waals surface area contributed by atoms with Gasteiger partial charge in [0.25, 0.3) is 0 Å². The van der Waals surface area contributed by atoms with Crippen molar-refractivity contribution in [1.82, 2.24) is 25.5 Å². The largest absolute Gasteiger partial charge is 0.449 e. The average Bonchev–Trinajstić information content (AvgIpc) is 3.58. The SMILES string of the molecule is CCCCOC(=O)N1CCN(c2ccc(-c3n[nH]c4c3C(=O)c3c(NC(=O)NN5CCOCC5)cccc3-4)cc2)CC1. The molecular formula is C30H35N7O5. The van der Waals surface area contributed by atoms with E-state index in [-0.39, 0.29) is 11.9 Å². The number of aromatic amines is 1. The van der Waals surface area contributed by atoms with Crippen LogP contribution in [-0.2, 0) is 9.47 Å². The molecule has 6 rings (SSSR count). The van der Waals surface area contributed by atoms with E-state index in [0.717, 1.165) is 24.1 Å². The number of nitrogens with one attached hydrogen (secondary N) is 3. The molecule has 12 heteroatoms. The van der Waals surface area contributed by atoms with Gasteiger partial charge in [-0.3, -0.25) is 15.3 Å². The van der Waals surface area contributed by atoms with E-state index >= 15 is 0 Å². The average molecular weight is 574 g/mol. The third-order valence-electron chi connectivity index (χ3n) is 7.84. The first-order chi connectivity index (χ1) is 20.5. The lowest BCUT2D eigenvalue weighted by Gasteiger charge is -2.35. The summed E-state index contributed by atoms with van der Waals surface area (Å²) in [4.78, 5) is 42.7. The number of H-pyrrole nitrogens is 1. The second-order valence-electron chi connectivity index (χ2n) is 10.5. The van der Waals surface area contributed by atoms with Gasteiger partial charge in [0, 0.05) is 56.1 Å². The highest BCUT2D eigenvalue weighted by Gasteiger charge is 2.35. The fourth-order valence-corrected chi connectivity index (χ4v) is 5.54. The molecule has 3 N–H and O–H groups in total. The molecule has 0 bridgehead atoms. The maximum Gasteiger partial charge on any atom is 0.409 e. The molecule has 0 unspecified atom stereocenters. The van der Waals surface area contributed by atoms with E-state index in [1.165, 1.54) is 0 Å². The number of benzene rings is 2. The van der Waals surface area contributed by atoms with Gasteiger partial charge in [-0.1, -0.05) is 37.6 Å². The quantitative estimate of drug-likeness (QED) is 0.285. The van der Waals surface area contributed by atoms with Crippen LogP contribution in [0.2, 0.25) is 0 Å². The number of ketones is 1. The number of unbranched alkanes of at least 4 members (excludes halogenated alkanes) is 1. The van der Waals surface area contributed by atoms with Crippen molar-refractivity contribution >= 4 is 29.3 Å². The van der Waals surface area contributed by atoms with Crippen molar-refractivity contribution < 1.29 is 23.9 Å². The van der Waals surface area contributed by atoms with Crippen LogP contribution < -0.4 is 15.6 Å². The van der Waals surface area contributed by atoms with Crippen molar-refractivity contribution in [2.45, 2.75) is 19.8 Å². The molecule has 42 heavy (non-hydrogen) atoms. The summed E-state index contributed by atoms with van der Waals surface area (Å²) in [5.41, 5.74) is 7.99. The minimum Gasteiger partial charge on any atom is -0.449 e. The molecule has 0 atom stereocenters. The lowest BCUT2D eigenvalue weighted by atomic mass is 10.0. The number of amides is 3. The number of hydrazine groups is 1. The Balaban J connectivity index is 1.12. The van der Waals surface area contributed by atoms with Crippen molar-refractivity contribution in [2.24, 2.45) is 0 Å². The number of urea groups is 1. The van der Waals surface area contributed by atoms with Crippen LogP contribution in [0.1, 0.15) is 35.7 Å². The first-order valence-electron chi connectivity index (χ1n) is 14.5. The molecule has 2 fully saturated rings. The summed E-state index contributed by atoms with van der Waals surface area (Å²) in [5, 5.41) is 12.2. The molecule has 3 heterocycles. The molecular weight excluding hydrogens is 538 g/mol. The number of hydrogen-bond acceptors (Lipinski definition) is 8. The number of rotatable bonds is 7. The Morgan fingerprint density at radius 3 is 2.50 bits per heavy atom. The lowest BCUT2D eigenvalue weighted by molar-refractivity contribution is 0.0207. The Kier molecular flexibility index (Phi) is 8.06. The van der Waals surface area contributed by atoms with Crippen molar-refractivity contribution in [3.05, 3.63) is 53.6 Å². The van der Waals surface area contributed by atoms with Crippen LogP contribution >= 0.6 is 0 Å². The molecule has 1 aliphatic carbocycles. The normalized spacial score (nSPS) is 16.6. The van der Waals surface area contributed by atoms with Crippen molar-refractivity contribution in [3.8, 4) is 22.5 Å². The van der Waals surface area contributed by atoms with Gasteiger partial charge in [0.1, 0.15) is 5.69 Å². The third-order valence-corrected chi connectivity index (χ3v) is 7.84. The molecule has 3 amide bonds. The third kappa shape index (κ3) is 5.55. The number of morpholine rings is 1. The van der Waals surface area contributed by atoms with E-state index in [4.69, 9.17) is 9.47 Å². The zero-order valence-electron chi connectivity index (χ0n) is 23.6. The summed E-state index contributed by atoms with van der Waals surface area (Å²) in [7, 11) is 0. The van der Waals surface area contributed by atoms with Crippen LogP contribution in [-0.4, -0.2) is 97.1 Å². The van der Waals surface area contributed by atoms with Crippen LogP contribution in [0.5, 0.6) is 0 Å². The van der Waals surface area contributed by atoms with Gasteiger partial charge in [0.05, 0.1) is 42.3 Å². The van der Waals surface area contributed by atoms with Crippen LogP contribution in [0.25, 0.3) is 22.5 Å². The molecule has 3 aromatic rings. The Bertz CT molecular complexity index is 1460. The first-order valence-corrected chi connectivity index (χ1v) is 14.5.